The van der Waals surface area contributed by atoms with Crippen molar-refractivity contribution in [3.63, 3.8) is 0 Å². The fraction of sp³-hybridized carbons (Fsp3) is 0.545. The van der Waals surface area contributed by atoms with Crippen LogP contribution in [0.15, 0.2) is 15.4 Å². The molecule has 0 aliphatic carbocycles. The van der Waals surface area contributed by atoms with Crippen molar-refractivity contribution >= 4 is 16.0 Å². The first-order valence-corrected chi connectivity index (χ1v) is 7.31. The Balaban J connectivity index is 2.69. The summed E-state index contributed by atoms with van der Waals surface area (Å²) in [6.07, 6.45) is 1.93. The lowest BCUT2D eigenvalue weighted by Gasteiger charge is -2.04. The number of rotatable bonds is 8. The summed E-state index contributed by atoms with van der Waals surface area (Å²) in [7, 11) is -3.76. The second-order valence-electron chi connectivity index (χ2n) is 4.02. The normalized spacial score (nSPS) is 11.7. The molecule has 8 heteroatoms. The highest BCUT2D eigenvalue weighted by Gasteiger charge is 2.23. The quantitative estimate of drug-likeness (QED) is 0.608. The van der Waals surface area contributed by atoms with Crippen LogP contribution in [-0.2, 0) is 10.0 Å². The minimum Gasteiger partial charge on any atom is -0.475 e. The third-order valence-electron chi connectivity index (χ3n) is 2.50. The molecule has 0 amide bonds. The van der Waals surface area contributed by atoms with Crippen LogP contribution >= 0.6 is 0 Å². The van der Waals surface area contributed by atoms with Crippen LogP contribution in [-0.4, -0.2) is 37.8 Å². The van der Waals surface area contributed by atoms with Crippen molar-refractivity contribution in [1.82, 2.24) is 4.72 Å². The largest absolute Gasteiger partial charge is 0.475 e. The number of sulfonamides is 1. The van der Waals surface area contributed by atoms with E-state index < -0.39 is 21.8 Å². The highest BCUT2D eigenvalue weighted by Crippen LogP contribution is 2.19. The maximum absolute atomic E-state index is 11.9. The van der Waals surface area contributed by atoms with E-state index in [9.17, 15) is 13.2 Å². The molecule has 0 unspecified atom stereocenters. The van der Waals surface area contributed by atoms with Gasteiger partial charge in [-0.1, -0.05) is 0 Å². The van der Waals surface area contributed by atoms with E-state index in [0.29, 0.717) is 19.3 Å². The van der Waals surface area contributed by atoms with Gasteiger partial charge in [-0.25, -0.2) is 17.9 Å². The van der Waals surface area contributed by atoms with Crippen molar-refractivity contribution in [2.75, 3.05) is 13.2 Å². The Morgan fingerprint density at radius 2 is 2.05 bits per heavy atom. The third kappa shape index (κ3) is 4.34. The zero-order chi connectivity index (χ0) is 14.5. The van der Waals surface area contributed by atoms with Gasteiger partial charge in [-0.05, 0) is 26.2 Å². The number of carbonyl (C=O) groups is 1. The molecule has 3 N–H and O–H groups in total. The van der Waals surface area contributed by atoms with E-state index >= 15 is 0 Å². The summed E-state index contributed by atoms with van der Waals surface area (Å²) < 4.78 is 31.0. The first-order chi connectivity index (χ1) is 8.88. The first kappa shape index (κ1) is 15.7. The van der Waals surface area contributed by atoms with Crippen molar-refractivity contribution < 1.29 is 27.8 Å². The van der Waals surface area contributed by atoms with E-state index in [1.54, 1.807) is 0 Å². The summed E-state index contributed by atoms with van der Waals surface area (Å²) >= 11 is 0. The standard InChI is InChI=1S/C11H17NO6S/c1-8-10(7-9(18-8)11(14)15)19(16,17)12-5-3-2-4-6-13/h7,12-13H,2-6H2,1H3,(H,14,15). The minimum absolute atomic E-state index is 0.0419. The Hall–Kier alpha value is -1.38. The summed E-state index contributed by atoms with van der Waals surface area (Å²) in [5, 5.41) is 17.3. The molecule has 7 nitrogen and oxygen atoms in total. The summed E-state index contributed by atoms with van der Waals surface area (Å²) in [6, 6.07) is 0.994. The average molecular weight is 291 g/mol. The van der Waals surface area contributed by atoms with Crippen molar-refractivity contribution in [1.29, 1.82) is 0 Å². The highest BCUT2D eigenvalue weighted by molar-refractivity contribution is 7.89. The number of aliphatic hydroxyl groups is 1. The van der Waals surface area contributed by atoms with Gasteiger partial charge in [0.05, 0.1) is 0 Å². The van der Waals surface area contributed by atoms with Crippen LogP contribution in [0.4, 0.5) is 0 Å². The predicted octanol–water partition coefficient (Wildman–Crippen LogP) is 0.727. The molecule has 0 fully saturated rings. The second kappa shape index (κ2) is 6.69. The molecule has 0 saturated heterocycles. The van der Waals surface area contributed by atoms with Crippen LogP contribution in [0.2, 0.25) is 0 Å². The van der Waals surface area contributed by atoms with Gasteiger partial charge < -0.3 is 14.6 Å². The molecule has 0 aliphatic rings. The maximum atomic E-state index is 11.9. The Morgan fingerprint density at radius 1 is 1.37 bits per heavy atom. The Bertz CT molecular complexity index is 533. The molecule has 1 aromatic rings. The molecule has 0 aromatic carbocycles. The summed E-state index contributed by atoms with van der Waals surface area (Å²) in [4.78, 5) is 10.5. The number of aliphatic hydroxyl groups excluding tert-OH is 1. The summed E-state index contributed by atoms with van der Waals surface area (Å²) in [5.41, 5.74) is 0. The number of carboxylic acid groups (broad SMARTS) is 1. The van der Waals surface area contributed by atoms with Gasteiger partial charge in [0.2, 0.25) is 15.8 Å². The molecular weight excluding hydrogens is 274 g/mol. The lowest BCUT2D eigenvalue weighted by molar-refractivity contribution is 0.0661. The van der Waals surface area contributed by atoms with E-state index in [4.69, 9.17) is 14.6 Å². The molecule has 19 heavy (non-hydrogen) atoms. The molecule has 1 heterocycles. The van der Waals surface area contributed by atoms with E-state index in [1.165, 1.54) is 6.92 Å². The Morgan fingerprint density at radius 3 is 2.58 bits per heavy atom. The topological polar surface area (TPSA) is 117 Å². The molecular formula is C11H17NO6S. The summed E-state index contributed by atoms with van der Waals surface area (Å²) in [5.74, 6) is -1.68. The lowest BCUT2D eigenvalue weighted by atomic mass is 10.2. The van der Waals surface area contributed by atoms with Gasteiger partial charge in [0.25, 0.3) is 0 Å². The van der Waals surface area contributed by atoms with E-state index in [0.717, 1.165) is 6.07 Å². The zero-order valence-corrected chi connectivity index (χ0v) is 11.4. The van der Waals surface area contributed by atoms with Crippen LogP contribution in [0.3, 0.4) is 0 Å². The number of unbranched alkanes of at least 4 members (excludes halogenated alkanes) is 2. The number of aryl methyl sites for hydroxylation is 1. The van der Waals surface area contributed by atoms with Crippen LogP contribution in [0.5, 0.6) is 0 Å². The Labute approximate surface area is 111 Å². The zero-order valence-electron chi connectivity index (χ0n) is 10.5. The number of aromatic carboxylic acids is 1. The fourth-order valence-electron chi connectivity index (χ4n) is 1.54. The smallest absolute Gasteiger partial charge is 0.371 e. The number of carboxylic acids is 1. The molecule has 0 bridgehead atoms. The van der Waals surface area contributed by atoms with Gasteiger partial charge in [0.15, 0.2) is 0 Å². The molecule has 108 valence electrons. The van der Waals surface area contributed by atoms with Gasteiger partial charge >= 0.3 is 5.97 Å². The highest BCUT2D eigenvalue weighted by atomic mass is 32.2. The van der Waals surface area contributed by atoms with Crippen LogP contribution in [0, 0.1) is 6.92 Å². The van der Waals surface area contributed by atoms with Crippen LogP contribution in [0.25, 0.3) is 0 Å². The maximum Gasteiger partial charge on any atom is 0.371 e. The molecule has 0 saturated carbocycles. The predicted molar refractivity (Wildman–Crippen MR) is 66.5 cm³/mol. The molecule has 1 aromatic heterocycles. The van der Waals surface area contributed by atoms with Gasteiger partial charge in [0.1, 0.15) is 10.7 Å². The van der Waals surface area contributed by atoms with E-state index in [1.807, 2.05) is 0 Å². The summed E-state index contributed by atoms with van der Waals surface area (Å²) in [6.45, 7) is 1.71. The van der Waals surface area contributed by atoms with Gasteiger partial charge in [0, 0.05) is 19.2 Å². The van der Waals surface area contributed by atoms with Crippen LogP contribution < -0.4 is 4.72 Å². The monoisotopic (exact) mass is 291 g/mol. The van der Waals surface area contributed by atoms with Crippen molar-refractivity contribution in [3.05, 3.63) is 17.6 Å². The molecule has 0 spiro atoms. The minimum atomic E-state index is -3.76. The SMILES string of the molecule is Cc1oc(C(=O)O)cc1S(=O)(=O)NCCCCCO. The first-order valence-electron chi connectivity index (χ1n) is 5.82. The fourth-order valence-corrected chi connectivity index (χ4v) is 2.79. The number of hydrogen-bond donors (Lipinski definition) is 3. The third-order valence-corrected chi connectivity index (χ3v) is 4.07. The van der Waals surface area contributed by atoms with Crippen molar-refractivity contribution in [2.45, 2.75) is 31.1 Å². The molecule has 0 radical (unpaired) electrons. The van der Waals surface area contributed by atoms with Gasteiger partial charge in [-0.3, -0.25) is 0 Å². The molecule has 0 aliphatic heterocycles. The van der Waals surface area contributed by atoms with Gasteiger partial charge in [-0.2, -0.15) is 0 Å². The number of hydrogen-bond acceptors (Lipinski definition) is 5. The van der Waals surface area contributed by atoms with Crippen molar-refractivity contribution in [3.8, 4) is 0 Å². The van der Waals surface area contributed by atoms with E-state index in [2.05, 4.69) is 4.72 Å². The lowest BCUT2D eigenvalue weighted by Crippen LogP contribution is -2.25. The molecule has 1 rings (SSSR count). The average Bonchev–Trinajstić information content (AvgIpc) is 2.72. The van der Waals surface area contributed by atoms with Crippen LogP contribution in [0.1, 0.15) is 35.6 Å². The number of furan rings is 1. The second-order valence-corrected chi connectivity index (χ2v) is 5.75. The Kier molecular flexibility index (Phi) is 5.52. The van der Waals surface area contributed by atoms with E-state index in [-0.39, 0.29) is 23.8 Å². The molecule has 0 atom stereocenters. The van der Waals surface area contributed by atoms with Gasteiger partial charge in [-0.15, -0.1) is 0 Å². The van der Waals surface area contributed by atoms with Crippen molar-refractivity contribution in [2.24, 2.45) is 0 Å². The number of nitrogens with one attached hydrogen (secondary N) is 1.